The molecule has 1 aromatic rings. The SMILES string of the molecule is CN1C(=O)C2(C)CCC1c1ccccc12. The second kappa shape index (κ2) is 2.63. The average molecular weight is 201 g/mol. The van der Waals surface area contributed by atoms with E-state index in [1.807, 2.05) is 18.0 Å². The highest BCUT2D eigenvalue weighted by Gasteiger charge is 2.50. The van der Waals surface area contributed by atoms with E-state index in [-0.39, 0.29) is 11.3 Å². The fourth-order valence-corrected chi connectivity index (χ4v) is 3.16. The Balaban J connectivity index is 2.29. The highest BCUT2D eigenvalue weighted by atomic mass is 16.2. The van der Waals surface area contributed by atoms with E-state index in [1.54, 1.807) is 0 Å². The van der Waals surface area contributed by atoms with Crippen LogP contribution in [0.5, 0.6) is 0 Å². The number of carbonyl (C=O) groups is 1. The summed E-state index contributed by atoms with van der Waals surface area (Å²) in [7, 11) is 1.93. The highest BCUT2D eigenvalue weighted by Crippen LogP contribution is 2.50. The lowest BCUT2D eigenvalue weighted by Gasteiger charge is -2.50. The van der Waals surface area contributed by atoms with Crippen LogP contribution in [-0.2, 0) is 10.2 Å². The quantitative estimate of drug-likeness (QED) is 0.630. The Hall–Kier alpha value is -1.31. The third-order valence-electron chi connectivity index (χ3n) is 4.09. The molecule has 0 N–H and O–H groups in total. The van der Waals surface area contributed by atoms with Crippen molar-refractivity contribution < 1.29 is 4.79 Å². The van der Waals surface area contributed by atoms with Crippen LogP contribution in [0.25, 0.3) is 0 Å². The van der Waals surface area contributed by atoms with Gasteiger partial charge in [-0.25, -0.2) is 0 Å². The van der Waals surface area contributed by atoms with Crippen LogP contribution in [0.2, 0.25) is 0 Å². The van der Waals surface area contributed by atoms with E-state index < -0.39 is 0 Å². The molecule has 1 aromatic carbocycles. The van der Waals surface area contributed by atoms with Crippen molar-refractivity contribution in [3.63, 3.8) is 0 Å². The van der Waals surface area contributed by atoms with Gasteiger partial charge in [0.1, 0.15) is 0 Å². The normalized spacial score (nSPS) is 33.1. The fourth-order valence-electron chi connectivity index (χ4n) is 3.16. The third-order valence-corrected chi connectivity index (χ3v) is 4.09. The zero-order valence-corrected chi connectivity index (χ0v) is 9.16. The van der Waals surface area contributed by atoms with E-state index in [1.165, 1.54) is 11.1 Å². The van der Waals surface area contributed by atoms with Crippen LogP contribution in [0.4, 0.5) is 0 Å². The Kier molecular flexibility index (Phi) is 1.57. The summed E-state index contributed by atoms with van der Waals surface area (Å²) in [6.45, 7) is 2.08. The fraction of sp³-hybridized carbons (Fsp3) is 0.462. The van der Waals surface area contributed by atoms with Gasteiger partial charge in [0.2, 0.25) is 5.91 Å². The van der Waals surface area contributed by atoms with E-state index >= 15 is 0 Å². The molecule has 2 atom stereocenters. The Bertz CT molecular complexity index is 440. The lowest BCUT2D eigenvalue weighted by Crippen LogP contribution is -2.54. The van der Waals surface area contributed by atoms with Crippen molar-refractivity contribution in [3.05, 3.63) is 35.4 Å². The number of benzene rings is 1. The van der Waals surface area contributed by atoms with E-state index in [9.17, 15) is 4.79 Å². The van der Waals surface area contributed by atoms with Gasteiger partial charge >= 0.3 is 0 Å². The lowest BCUT2D eigenvalue weighted by molar-refractivity contribution is -0.143. The number of nitrogens with zero attached hydrogens (tertiary/aromatic N) is 1. The molecule has 2 aliphatic heterocycles. The smallest absolute Gasteiger partial charge is 0.233 e. The van der Waals surface area contributed by atoms with E-state index in [0.29, 0.717) is 6.04 Å². The van der Waals surface area contributed by atoms with Gasteiger partial charge in [0.15, 0.2) is 0 Å². The van der Waals surface area contributed by atoms with Gasteiger partial charge in [-0.15, -0.1) is 0 Å². The topological polar surface area (TPSA) is 20.3 Å². The number of rotatable bonds is 0. The molecule has 2 nitrogen and oxygen atoms in total. The maximum absolute atomic E-state index is 12.2. The molecule has 2 unspecified atom stereocenters. The molecule has 1 amide bonds. The second-order valence-electron chi connectivity index (χ2n) is 4.89. The minimum atomic E-state index is -0.264. The molecular weight excluding hydrogens is 186 g/mol. The summed E-state index contributed by atoms with van der Waals surface area (Å²) < 4.78 is 0. The van der Waals surface area contributed by atoms with Crippen LogP contribution in [0.15, 0.2) is 24.3 Å². The first-order valence-electron chi connectivity index (χ1n) is 5.51. The Morgan fingerprint density at radius 2 is 2.13 bits per heavy atom. The van der Waals surface area contributed by atoms with Crippen molar-refractivity contribution in [1.29, 1.82) is 0 Å². The molecule has 2 bridgehead atoms. The van der Waals surface area contributed by atoms with Crippen LogP contribution in [0.1, 0.15) is 36.9 Å². The van der Waals surface area contributed by atoms with Gasteiger partial charge in [-0.2, -0.15) is 0 Å². The highest BCUT2D eigenvalue weighted by molar-refractivity contribution is 5.91. The van der Waals surface area contributed by atoms with Crippen molar-refractivity contribution in [1.82, 2.24) is 4.90 Å². The number of carbonyl (C=O) groups excluding carboxylic acids is 1. The summed E-state index contributed by atoms with van der Waals surface area (Å²) in [4.78, 5) is 14.1. The maximum atomic E-state index is 12.2. The summed E-state index contributed by atoms with van der Waals surface area (Å²) in [5.41, 5.74) is 2.35. The molecule has 0 spiro atoms. The summed E-state index contributed by atoms with van der Waals surface area (Å²) in [5, 5.41) is 0. The van der Waals surface area contributed by atoms with Gasteiger partial charge in [0.25, 0.3) is 0 Å². The zero-order valence-electron chi connectivity index (χ0n) is 9.16. The molecule has 0 saturated carbocycles. The molecule has 0 radical (unpaired) electrons. The van der Waals surface area contributed by atoms with Gasteiger partial charge in [-0.05, 0) is 30.9 Å². The summed E-state index contributed by atoms with van der Waals surface area (Å²) in [6.07, 6.45) is 2.10. The molecule has 78 valence electrons. The molecule has 1 saturated heterocycles. The average Bonchev–Trinajstić information content (AvgIpc) is 2.26. The van der Waals surface area contributed by atoms with E-state index in [4.69, 9.17) is 0 Å². The largest absolute Gasteiger partial charge is 0.338 e. The summed E-state index contributed by atoms with van der Waals surface area (Å²) in [6, 6.07) is 8.71. The van der Waals surface area contributed by atoms with Crippen LogP contribution < -0.4 is 0 Å². The van der Waals surface area contributed by atoms with Crippen molar-refractivity contribution in [2.45, 2.75) is 31.2 Å². The Morgan fingerprint density at radius 1 is 1.40 bits per heavy atom. The monoisotopic (exact) mass is 201 g/mol. The first-order chi connectivity index (χ1) is 7.14. The molecule has 2 heterocycles. The first-order valence-corrected chi connectivity index (χ1v) is 5.51. The Labute approximate surface area is 89.9 Å². The molecule has 3 aliphatic rings. The zero-order chi connectivity index (χ0) is 10.6. The number of hydrogen-bond donors (Lipinski definition) is 0. The van der Waals surface area contributed by atoms with Crippen molar-refractivity contribution in [2.75, 3.05) is 7.05 Å². The van der Waals surface area contributed by atoms with E-state index in [0.717, 1.165) is 12.8 Å². The van der Waals surface area contributed by atoms with Gasteiger partial charge in [-0.1, -0.05) is 24.3 Å². The van der Waals surface area contributed by atoms with Gasteiger partial charge in [0, 0.05) is 7.05 Å². The predicted octanol–water partition coefficient (Wildman–Crippen LogP) is 2.25. The third kappa shape index (κ3) is 0.921. The first kappa shape index (κ1) is 8.96. The van der Waals surface area contributed by atoms with Crippen LogP contribution in [0, 0.1) is 0 Å². The van der Waals surface area contributed by atoms with Crippen LogP contribution in [0.3, 0.4) is 0 Å². The van der Waals surface area contributed by atoms with Gasteiger partial charge in [0.05, 0.1) is 11.5 Å². The molecular formula is C13H15NO. The molecule has 1 fully saturated rings. The molecule has 2 heteroatoms. The standard InChI is InChI=1S/C13H15NO/c1-13-8-7-11(14(2)12(13)15)9-5-3-4-6-10(9)13/h3-6,11H,7-8H2,1-2H3. The number of hydrogen-bond acceptors (Lipinski definition) is 1. The van der Waals surface area contributed by atoms with Gasteiger partial charge < -0.3 is 4.90 Å². The molecule has 0 aromatic heterocycles. The predicted molar refractivity (Wildman–Crippen MR) is 58.5 cm³/mol. The number of likely N-dealkylation sites (N-methyl/N-ethyl adjacent to an activating group) is 1. The second-order valence-corrected chi connectivity index (χ2v) is 4.89. The molecule has 1 aliphatic carbocycles. The van der Waals surface area contributed by atoms with Gasteiger partial charge in [-0.3, -0.25) is 4.79 Å². The van der Waals surface area contributed by atoms with Crippen molar-refractivity contribution in [3.8, 4) is 0 Å². The molecule has 4 rings (SSSR count). The van der Waals surface area contributed by atoms with Crippen LogP contribution >= 0.6 is 0 Å². The van der Waals surface area contributed by atoms with Crippen molar-refractivity contribution in [2.24, 2.45) is 0 Å². The molecule has 15 heavy (non-hydrogen) atoms. The number of fused-ring (bicyclic) bond motifs is 2. The number of amides is 1. The minimum absolute atomic E-state index is 0.264. The summed E-state index contributed by atoms with van der Waals surface area (Å²) >= 11 is 0. The summed E-state index contributed by atoms with van der Waals surface area (Å²) in [5.74, 6) is 0.289. The minimum Gasteiger partial charge on any atom is -0.338 e. The van der Waals surface area contributed by atoms with Crippen LogP contribution in [-0.4, -0.2) is 17.9 Å². The van der Waals surface area contributed by atoms with Crippen molar-refractivity contribution >= 4 is 5.91 Å². The maximum Gasteiger partial charge on any atom is 0.233 e. The lowest BCUT2D eigenvalue weighted by atomic mass is 9.65. The Morgan fingerprint density at radius 3 is 2.93 bits per heavy atom. The number of piperidine rings is 1. The van der Waals surface area contributed by atoms with E-state index in [2.05, 4.69) is 25.1 Å².